The van der Waals surface area contributed by atoms with E-state index in [1.807, 2.05) is 0 Å². The molecule has 2 rings (SSSR count). The van der Waals surface area contributed by atoms with Crippen molar-refractivity contribution in [1.82, 2.24) is 14.6 Å². The van der Waals surface area contributed by atoms with Crippen molar-refractivity contribution >= 4 is 22.4 Å². The Bertz CT molecular complexity index is 418. The van der Waals surface area contributed by atoms with Crippen LogP contribution in [0, 0.1) is 0 Å². The summed E-state index contributed by atoms with van der Waals surface area (Å²) in [6, 6.07) is 3.21. The molecule has 5 nitrogen and oxygen atoms in total. The normalized spacial score (nSPS) is 17.8. The minimum atomic E-state index is -3.33. The maximum atomic E-state index is 12.0. The Morgan fingerprint density at radius 3 is 2.56 bits per heavy atom. The number of nitrogens with one attached hydrogen (secondary N) is 1. The molecule has 1 fully saturated rings. The highest BCUT2D eigenvalue weighted by molar-refractivity contribution is 7.89. The van der Waals surface area contributed by atoms with Gasteiger partial charge in [0.1, 0.15) is 4.90 Å². The summed E-state index contributed by atoms with van der Waals surface area (Å²) in [5, 5.41) is 3.12. The number of aromatic nitrogens is 1. The number of hydrogen-bond donors (Lipinski definition) is 1. The first-order chi connectivity index (χ1) is 7.21. The van der Waals surface area contributed by atoms with Gasteiger partial charge in [0.25, 0.3) is 0 Å². The molecule has 1 aromatic rings. The molecule has 1 aliphatic rings. The molecule has 0 saturated carbocycles. The molecule has 1 aromatic heterocycles. The van der Waals surface area contributed by atoms with Gasteiger partial charge in [0.15, 0.2) is 0 Å². The molecule has 0 amide bonds. The molecule has 0 atom stereocenters. The molecule has 0 aliphatic carbocycles. The fourth-order valence-corrected chi connectivity index (χ4v) is 2.94. The van der Waals surface area contributed by atoms with Crippen LogP contribution in [0.4, 0.5) is 0 Å². The second-order valence-electron chi connectivity index (χ2n) is 3.34. The van der Waals surface area contributed by atoms with Gasteiger partial charge in [-0.1, -0.05) is 0 Å². The van der Waals surface area contributed by atoms with E-state index in [0.717, 1.165) is 0 Å². The van der Waals surface area contributed by atoms with Crippen LogP contribution in [0.2, 0.25) is 0 Å². The van der Waals surface area contributed by atoms with E-state index in [1.54, 1.807) is 18.3 Å². The Morgan fingerprint density at radius 1 is 1.31 bits per heavy atom. The number of nitrogens with zero attached hydrogens (tertiary/aromatic N) is 2. The molecule has 0 radical (unpaired) electrons. The zero-order valence-corrected chi connectivity index (χ0v) is 10.3. The molecule has 90 valence electrons. The summed E-state index contributed by atoms with van der Waals surface area (Å²) in [6.45, 7) is 2.47. The quantitative estimate of drug-likeness (QED) is 0.822. The van der Waals surface area contributed by atoms with Crippen LogP contribution in [0.25, 0.3) is 0 Å². The molecule has 2 heterocycles. The van der Waals surface area contributed by atoms with Crippen LogP contribution in [0.5, 0.6) is 0 Å². The van der Waals surface area contributed by atoms with Gasteiger partial charge in [-0.05, 0) is 12.1 Å². The van der Waals surface area contributed by atoms with Crippen molar-refractivity contribution in [2.75, 3.05) is 26.2 Å². The standard InChI is InChI=1S/C9H13N3O2S.ClH/c13-15(14,9-2-1-3-11-8-9)12-6-4-10-5-7-12;/h1-3,8,10H,4-7H2;1H. The van der Waals surface area contributed by atoms with E-state index in [2.05, 4.69) is 10.3 Å². The zero-order chi connectivity index (χ0) is 10.7. The Balaban J connectivity index is 0.00000128. The van der Waals surface area contributed by atoms with Gasteiger partial charge in [-0.25, -0.2) is 8.42 Å². The third-order valence-electron chi connectivity index (χ3n) is 2.35. The maximum absolute atomic E-state index is 12.0. The highest BCUT2D eigenvalue weighted by Crippen LogP contribution is 2.13. The number of sulfonamides is 1. The first-order valence-electron chi connectivity index (χ1n) is 4.82. The topological polar surface area (TPSA) is 62.3 Å². The van der Waals surface area contributed by atoms with Crippen molar-refractivity contribution in [2.24, 2.45) is 0 Å². The predicted molar refractivity (Wildman–Crippen MR) is 63.1 cm³/mol. The van der Waals surface area contributed by atoms with Gasteiger partial charge in [-0.3, -0.25) is 4.98 Å². The molecule has 1 N–H and O–H groups in total. The minimum absolute atomic E-state index is 0. The lowest BCUT2D eigenvalue weighted by Gasteiger charge is -2.26. The zero-order valence-electron chi connectivity index (χ0n) is 8.67. The molecule has 7 heteroatoms. The SMILES string of the molecule is Cl.O=S(=O)(c1cccnc1)N1CCNCC1. The average molecular weight is 264 g/mol. The van der Waals surface area contributed by atoms with Gasteiger partial charge in [-0.15, -0.1) is 12.4 Å². The lowest BCUT2D eigenvalue weighted by atomic mass is 10.4. The van der Waals surface area contributed by atoms with Gasteiger partial charge >= 0.3 is 0 Å². The van der Waals surface area contributed by atoms with Crippen molar-refractivity contribution in [3.8, 4) is 0 Å². The highest BCUT2D eigenvalue weighted by Gasteiger charge is 2.25. The second kappa shape index (κ2) is 5.58. The van der Waals surface area contributed by atoms with Crippen LogP contribution in [0.1, 0.15) is 0 Å². The maximum Gasteiger partial charge on any atom is 0.244 e. The molecule has 0 spiro atoms. The second-order valence-corrected chi connectivity index (χ2v) is 5.28. The van der Waals surface area contributed by atoms with Crippen LogP contribution >= 0.6 is 12.4 Å². The molecule has 0 bridgehead atoms. The number of halogens is 1. The molecule has 16 heavy (non-hydrogen) atoms. The Hall–Kier alpha value is -0.690. The van der Waals surface area contributed by atoms with Crippen LogP contribution in [0.3, 0.4) is 0 Å². The van der Waals surface area contributed by atoms with E-state index in [9.17, 15) is 8.42 Å². The first-order valence-corrected chi connectivity index (χ1v) is 6.26. The lowest BCUT2D eigenvalue weighted by Crippen LogP contribution is -2.46. The van der Waals surface area contributed by atoms with Crippen LogP contribution in [0.15, 0.2) is 29.4 Å². The fourth-order valence-electron chi connectivity index (χ4n) is 1.53. The Morgan fingerprint density at radius 2 is 2.00 bits per heavy atom. The minimum Gasteiger partial charge on any atom is -0.314 e. The van der Waals surface area contributed by atoms with Crippen molar-refractivity contribution in [1.29, 1.82) is 0 Å². The summed E-state index contributed by atoms with van der Waals surface area (Å²) in [5.41, 5.74) is 0. The highest BCUT2D eigenvalue weighted by atomic mass is 35.5. The van der Waals surface area contributed by atoms with Crippen molar-refractivity contribution in [3.05, 3.63) is 24.5 Å². The number of pyridine rings is 1. The molecule has 0 unspecified atom stereocenters. The van der Waals surface area contributed by atoms with Crippen LogP contribution in [-0.2, 0) is 10.0 Å². The van der Waals surface area contributed by atoms with E-state index in [0.29, 0.717) is 26.2 Å². The van der Waals surface area contributed by atoms with E-state index < -0.39 is 10.0 Å². The number of piperazine rings is 1. The fraction of sp³-hybridized carbons (Fsp3) is 0.444. The monoisotopic (exact) mass is 263 g/mol. The van der Waals surface area contributed by atoms with E-state index >= 15 is 0 Å². The smallest absolute Gasteiger partial charge is 0.244 e. The molecule has 0 aromatic carbocycles. The summed E-state index contributed by atoms with van der Waals surface area (Å²) < 4.78 is 25.6. The van der Waals surface area contributed by atoms with Crippen molar-refractivity contribution in [2.45, 2.75) is 4.90 Å². The third-order valence-corrected chi connectivity index (χ3v) is 4.23. The van der Waals surface area contributed by atoms with Crippen molar-refractivity contribution in [3.63, 3.8) is 0 Å². The first kappa shape index (κ1) is 13.4. The van der Waals surface area contributed by atoms with E-state index in [1.165, 1.54) is 10.5 Å². The van der Waals surface area contributed by atoms with Crippen molar-refractivity contribution < 1.29 is 8.42 Å². The van der Waals surface area contributed by atoms with Crippen LogP contribution < -0.4 is 5.32 Å². The summed E-state index contributed by atoms with van der Waals surface area (Å²) in [7, 11) is -3.33. The lowest BCUT2D eigenvalue weighted by molar-refractivity contribution is 0.360. The van der Waals surface area contributed by atoms with E-state index in [4.69, 9.17) is 0 Å². The molecular formula is C9H14ClN3O2S. The summed E-state index contributed by atoms with van der Waals surface area (Å²) >= 11 is 0. The van der Waals surface area contributed by atoms with Gasteiger partial charge in [-0.2, -0.15) is 4.31 Å². The molecule has 1 aliphatic heterocycles. The van der Waals surface area contributed by atoms with Gasteiger partial charge in [0, 0.05) is 38.6 Å². The number of hydrogen-bond acceptors (Lipinski definition) is 4. The Labute approximate surface area is 101 Å². The molecular weight excluding hydrogens is 250 g/mol. The summed E-state index contributed by atoms with van der Waals surface area (Å²) in [6.07, 6.45) is 2.95. The van der Waals surface area contributed by atoms with Gasteiger partial charge in [0.05, 0.1) is 0 Å². The van der Waals surface area contributed by atoms with Gasteiger partial charge < -0.3 is 5.32 Å². The van der Waals surface area contributed by atoms with Crippen LogP contribution in [-0.4, -0.2) is 43.9 Å². The Kier molecular flexibility index (Phi) is 4.67. The largest absolute Gasteiger partial charge is 0.314 e. The number of rotatable bonds is 2. The summed E-state index contributed by atoms with van der Waals surface area (Å²) in [5.74, 6) is 0. The van der Waals surface area contributed by atoms with Gasteiger partial charge in [0.2, 0.25) is 10.0 Å². The van der Waals surface area contributed by atoms with E-state index in [-0.39, 0.29) is 17.3 Å². The molecule has 1 saturated heterocycles. The summed E-state index contributed by atoms with van der Waals surface area (Å²) in [4.78, 5) is 4.09. The third kappa shape index (κ3) is 2.70. The predicted octanol–water partition coefficient (Wildman–Crippen LogP) is 0.0973. The average Bonchev–Trinajstić information content (AvgIpc) is 2.31.